The van der Waals surface area contributed by atoms with Crippen molar-refractivity contribution < 1.29 is 13.9 Å². The van der Waals surface area contributed by atoms with Crippen molar-refractivity contribution in [1.29, 1.82) is 0 Å². The van der Waals surface area contributed by atoms with E-state index >= 15 is 0 Å². The molecule has 2 aromatic carbocycles. The molecule has 0 radical (unpaired) electrons. The predicted octanol–water partition coefficient (Wildman–Crippen LogP) is 3.15. The van der Waals surface area contributed by atoms with E-state index in [2.05, 4.69) is 33.0 Å². The summed E-state index contributed by atoms with van der Waals surface area (Å²) in [7, 11) is 0. The molecule has 1 unspecified atom stereocenters. The first kappa shape index (κ1) is 22.9. The van der Waals surface area contributed by atoms with Gasteiger partial charge in [-0.15, -0.1) is 0 Å². The van der Waals surface area contributed by atoms with Crippen molar-refractivity contribution in [3.63, 3.8) is 0 Å². The van der Waals surface area contributed by atoms with Gasteiger partial charge in [-0.1, -0.05) is 42.5 Å². The van der Waals surface area contributed by atoms with E-state index in [9.17, 15) is 13.9 Å². The van der Waals surface area contributed by atoms with Gasteiger partial charge < -0.3 is 15.4 Å². The summed E-state index contributed by atoms with van der Waals surface area (Å²) in [6.07, 6.45) is 10.8. The fourth-order valence-corrected chi connectivity index (χ4v) is 4.43. The Balaban J connectivity index is 1.39. The van der Waals surface area contributed by atoms with E-state index < -0.39 is 23.3 Å². The third kappa shape index (κ3) is 4.73. The van der Waals surface area contributed by atoms with Gasteiger partial charge in [-0.05, 0) is 36.3 Å². The van der Waals surface area contributed by atoms with Gasteiger partial charge >= 0.3 is 0 Å². The topological polar surface area (TPSA) is 78.2 Å². The summed E-state index contributed by atoms with van der Waals surface area (Å²) in [5.41, 5.74) is 4.73. The van der Waals surface area contributed by atoms with Crippen LogP contribution < -0.4 is 10.7 Å². The van der Waals surface area contributed by atoms with Crippen LogP contribution in [0.3, 0.4) is 0 Å². The molecular formula is C26H26F2N6O. The van der Waals surface area contributed by atoms with Crippen LogP contribution in [0, 0.1) is 11.6 Å². The summed E-state index contributed by atoms with van der Waals surface area (Å²) in [4.78, 5) is 3.92. The van der Waals surface area contributed by atoms with Crippen LogP contribution in [-0.2, 0) is 18.7 Å². The van der Waals surface area contributed by atoms with Gasteiger partial charge in [0, 0.05) is 30.1 Å². The lowest BCUT2D eigenvalue weighted by atomic mass is 9.86. The number of nitrogens with zero attached hydrogens (tertiary/aromatic N) is 4. The molecule has 3 aromatic rings. The summed E-state index contributed by atoms with van der Waals surface area (Å²) in [5, 5.41) is 21.1. The highest BCUT2D eigenvalue weighted by molar-refractivity contribution is 5.43. The highest BCUT2D eigenvalue weighted by atomic mass is 19.1. The fourth-order valence-electron chi connectivity index (χ4n) is 4.43. The van der Waals surface area contributed by atoms with Crippen LogP contribution in [0.15, 0.2) is 96.9 Å². The SMILES string of the molecule is C[C@@H](N1C=C2C=C(NCc3ccccc3)C=CC2N1)[C@](O)(Cn1cncn1)c1ccc(F)cc1F. The second-order valence-corrected chi connectivity index (χ2v) is 8.76. The third-order valence-electron chi connectivity index (χ3n) is 6.44. The molecule has 0 saturated carbocycles. The predicted molar refractivity (Wildman–Crippen MR) is 127 cm³/mol. The normalized spacial score (nSPS) is 19.5. The number of aromatic nitrogens is 3. The number of allylic oxidation sites excluding steroid dienone is 1. The molecular weight excluding hydrogens is 450 g/mol. The van der Waals surface area contributed by atoms with Gasteiger partial charge in [0.25, 0.3) is 0 Å². The molecule has 180 valence electrons. The average Bonchev–Trinajstić information content (AvgIpc) is 3.52. The molecule has 2 heterocycles. The first-order chi connectivity index (χ1) is 16.9. The zero-order valence-corrected chi connectivity index (χ0v) is 19.1. The fraction of sp³-hybridized carbons (Fsp3) is 0.231. The molecule has 3 N–H and O–H groups in total. The van der Waals surface area contributed by atoms with Gasteiger partial charge in [0.15, 0.2) is 0 Å². The molecule has 5 rings (SSSR count). The molecule has 0 spiro atoms. The monoisotopic (exact) mass is 476 g/mol. The van der Waals surface area contributed by atoms with Crippen molar-refractivity contribution in [2.24, 2.45) is 0 Å². The largest absolute Gasteiger partial charge is 0.381 e. The second-order valence-electron chi connectivity index (χ2n) is 8.76. The Morgan fingerprint density at radius 3 is 2.77 bits per heavy atom. The van der Waals surface area contributed by atoms with Gasteiger partial charge in [0.1, 0.15) is 29.9 Å². The van der Waals surface area contributed by atoms with E-state index in [4.69, 9.17) is 0 Å². The number of hydrazine groups is 1. The van der Waals surface area contributed by atoms with E-state index in [1.807, 2.05) is 42.6 Å². The number of aliphatic hydroxyl groups is 1. The van der Waals surface area contributed by atoms with Crippen molar-refractivity contribution in [1.82, 2.24) is 30.5 Å². The number of nitrogens with one attached hydrogen (secondary N) is 2. The van der Waals surface area contributed by atoms with E-state index in [0.717, 1.165) is 23.4 Å². The molecule has 7 nitrogen and oxygen atoms in total. The molecule has 3 atom stereocenters. The number of fused-ring (bicyclic) bond motifs is 1. The maximum atomic E-state index is 14.9. The molecule has 0 fully saturated rings. The van der Waals surface area contributed by atoms with Gasteiger partial charge in [-0.3, -0.25) is 0 Å². The van der Waals surface area contributed by atoms with E-state index in [-0.39, 0.29) is 18.2 Å². The Hall–Kier alpha value is -3.82. The van der Waals surface area contributed by atoms with Crippen LogP contribution in [0.1, 0.15) is 18.1 Å². The zero-order valence-electron chi connectivity index (χ0n) is 19.1. The lowest BCUT2D eigenvalue weighted by Gasteiger charge is -2.40. The average molecular weight is 477 g/mol. The summed E-state index contributed by atoms with van der Waals surface area (Å²) in [5.74, 6) is -1.53. The molecule has 0 bridgehead atoms. The molecule has 1 aliphatic heterocycles. The van der Waals surface area contributed by atoms with Crippen LogP contribution in [0.5, 0.6) is 0 Å². The number of hydrogen-bond acceptors (Lipinski definition) is 6. The Labute approximate surface area is 202 Å². The molecule has 1 aromatic heterocycles. The first-order valence-electron chi connectivity index (χ1n) is 11.4. The number of hydrogen-bond donors (Lipinski definition) is 3. The zero-order chi connectivity index (χ0) is 24.4. The van der Waals surface area contributed by atoms with Crippen LogP contribution in [0.4, 0.5) is 8.78 Å². The number of rotatable bonds is 8. The van der Waals surface area contributed by atoms with Gasteiger partial charge in [0.2, 0.25) is 0 Å². The Kier molecular flexibility index (Phi) is 6.19. The van der Waals surface area contributed by atoms with E-state index in [1.165, 1.54) is 29.0 Å². The summed E-state index contributed by atoms with van der Waals surface area (Å²) < 4.78 is 29.9. The van der Waals surface area contributed by atoms with Crippen molar-refractivity contribution in [3.8, 4) is 0 Å². The number of benzene rings is 2. The third-order valence-corrected chi connectivity index (χ3v) is 6.44. The summed E-state index contributed by atoms with van der Waals surface area (Å²) in [6.45, 7) is 2.41. The lowest BCUT2D eigenvalue weighted by Crippen LogP contribution is -2.54. The molecule has 2 aliphatic rings. The van der Waals surface area contributed by atoms with Crippen LogP contribution >= 0.6 is 0 Å². The van der Waals surface area contributed by atoms with Gasteiger partial charge in [-0.25, -0.2) is 23.9 Å². The Bertz CT molecular complexity index is 1270. The highest BCUT2D eigenvalue weighted by Gasteiger charge is 2.43. The van der Waals surface area contributed by atoms with Gasteiger partial charge in [-0.2, -0.15) is 5.10 Å². The minimum absolute atomic E-state index is 0.0201. The standard InChI is InChI=1S/C26H26F2N6O/c1-18(26(35,15-33-17-29-16-31-33)23-9-7-21(27)12-24(23)28)34-14-20-11-22(8-10-25(20)32-34)30-13-19-5-3-2-4-6-19/h2-12,14,16-18,25,30,32,35H,13,15H2,1H3/t18-,25?,26-/m1/s1. The van der Waals surface area contributed by atoms with Crippen LogP contribution in [-0.4, -0.2) is 37.0 Å². The van der Waals surface area contributed by atoms with Gasteiger partial charge in [0.05, 0.1) is 18.6 Å². The van der Waals surface area contributed by atoms with Crippen LogP contribution in [0.2, 0.25) is 0 Å². The molecule has 35 heavy (non-hydrogen) atoms. The molecule has 1 aliphatic carbocycles. The van der Waals surface area contributed by atoms with Crippen molar-refractivity contribution >= 4 is 0 Å². The molecule has 9 heteroatoms. The summed E-state index contributed by atoms with van der Waals surface area (Å²) in [6, 6.07) is 12.6. The Morgan fingerprint density at radius 1 is 1.20 bits per heavy atom. The minimum Gasteiger partial charge on any atom is -0.381 e. The quantitative estimate of drug-likeness (QED) is 0.464. The molecule has 0 amide bonds. The Morgan fingerprint density at radius 2 is 2.03 bits per heavy atom. The van der Waals surface area contributed by atoms with E-state index in [0.29, 0.717) is 6.54 Å². The lowest BCUT2D eigenvalue weighted by molar-refractivity contribution is -0.0613. The maximum Gasteiger partial charge on any atom is 0.137 e. The van der Waals surface area contributed by atoms with Crippen molar-refractivity contribution in [2.75, 3.05) is 0 Å². The number of halogens is 2. The van der Waals surface area contributed by atoms with Crippen molar-refractivity contribution in [2.45, 2.75) is 37.7 Å². The second kappa shape index (κ2) is 9.44. The summed E-state index contributed by atoms with van der Waals surface area (Å²) >= 11 is 0. The van der Waals surface area contributed by atoms with E-state index in [1.54, 1.807) is 11.9 Å². The maximum absolute atomic E-state index is 14.9. The molecule has 0 saturated heterocycles. The van der Waals surface area contributed by atoms with Crippen LogP contribution in [0.25, 0.3) is 0 Å². The highest BCUT2D eigenvalue weighted by Crippen LogP contribution is 2.34. The van der Waals surface area contributed by atoms with Crippen molar-refractivity contribution in [3.05, 3.63) is 120 Å². The first-order valence-corrected chi connectivity index (χ1v) is 11.4. The smallest absolute Gasteiger partial charge is 0.137 e. The minimum atomic E-state index is -1.75.